The second-order valence-electron chi connectivity index (χ2n) is 11.8. The lowest BCUT2D eigenvalue weighted by Crippen LogP contribution is -2.35. The number of benzene rings is 1. The van der Waals surface area contributed by atoms with Crippen molar-refractivity contribution in [3.05, 3.63) is 41.0 Å². The molecule has 0 radical (unpaired) electrons. The number of aliphatic imine (C=N–C) groups is 1. The molecule has 7 rings (SSSR count). The third-order valence-corrected chi connectivity index (χ3v) is 9.20. The molecule has 0 aliphatic carbocycles. The van der Waals surface area contributed by atoms with Crippen molar-refractivity contribution in [2.24, 2.45) is 10.9 Å². The summed E-state index contributed by atoms with van der Waals surface area (Å²) in [5.74, 6) is 0.843. The van der Waals surface area contributed by atoms with Crippen LogP contribution in [0, 0.1) is 5.92 Å². The topological polar surface area (TPSA) is 112 Å². The van der Waals surface area contributed by atoms with E-state index in [-0.39, 0.29) is 37.0 Å². The van der Waals surface area contributed by atoms with E-state index >= 15 is 0 Å². The summed E-state index contributed by atoms with van der Waals surface area (Å²) in [6, 6.07) is 10.2. The van der Waals surface area contributed by atoms with Gasteiger partial charge in [0.25, 0.3) is 0 Å². The zero-order valence-corrected chi connectivity index (χ0v) is 24.2. The van der Waals surface area contributed by atoms with Crippen molar-refractivity contribution >= 4 is 34.8 Å². The number of aliphatic hydroxyl groups is 1. The minimum Gasteiger partial charge on any atom is -0.472 e. The van der Waals surface area contributed by atoms with Gasteiger partial charge in [0, 0.05) is 43.6 Å². The maximum atomic E-state index is 12.4. The molecule has 0 bridgehead atoms. The van der Waals surface area contributed by atoms with Crippen LogP contribution in [0.1, 0.15) is 37.8 Å². The molecule has 1 N–H and O–H groups in total. The molecule has 0 spiro atoms. The first-order valence-corrected chi connectivity index (χ1v) is 15.4. The number of piperidine rings is 1. The number of carbonyl (C=O) groups excluding carboxylic acids is 1. The standard InChI is InChI=1S/C31H36ClN3O7/c32-22-14-23-24(15-27(33-23)42-26-17-40-30-25(36)16-39-31(26)30)34-29(22)19-1-3-20(4-2-19)35-9-5-18(6-10-35)13-28(37)41-21-7-11-38-12-8-21/h1-4,14,18,21,25-26,30-31,36H,5-13,15-17H2/t25-,26-,30-,31-/m1/s1. The highest BCUT2D eigenvalue weighted by atomic mass is 35.5. The Bertz CT molecular complexity index is 1320. The highest BCUT2D eigenvalue weighted by Crippen LogP contribution is 2.37. The molecule has 4 saturated heterocycles. The van der Waals surface area contributed by atoms with Crippen LogP contribution >= 0.6 is 11.6 Å². The summed E-state index contributed by atoms with van der Waals surface area (Å²) in [6.07, 6.45) is 2.94. The molecule has 4 fully saturated rings. The molecular weight excluding hydrogens is 562 g/mol. The average molecular weight is 598 g/mol. The van der Waals surface area contributed by atoms with Crippen LogP contribution in [0.25, 0.3) is 11.3 Å². The van der Waals surface area contributed by atoms with Gasteiger partial charge in [-0.15, -0.1) is 0 Å². The lowest BCUT2D eigenvalue weighted by Gasteiger charge is -2.33. The van der Waals surface area contributed by atoms with E-state index in [9.17, 15) is 9.90 Å². The average Bonchev–Trinajstić information content (AvgIpc) is 3.70. The van der Waals surface area contributed by atoms with Gasteiger partial charge in [-0.05, 0) is 37.0 Å². The number of fused-ring (bicyclic) bond motifs is 2. The second kappa shape index (κ2) is 12.1. The van der Waals surface area contributed by atoms with Gasteiger partial charge in [0.1, 0.15) is 24.4 Å². The van der Waals surface area contributed by atoms with Gasteiger partial charge in [-0.25, -0.2) is 9.98 Å². The van der Waals surface area contributed by atoms with Gasteiger partial charge in [-0.1, -0.05) is 23.7 Å². The van der Waals surface area contributed by atoms with Crippen molar-refractivity contribution < 1.29 is 33.6 Å². The van der Waals surface area contributed by atoms with Crippen molar-refractivity contribution in [3.8, 4) is 11.3 Å². The fourth-order valence-corrected chi connectivity index (χ4v) is 6.80. The SMILES string of the molecule is O=C(CC1CCN(c2ccc(-c3nc4c(cc3Cl)N=C(O[C@@H]3CO[C@H]5[C@@H]3OC[C@H]5O)C4)cc2)CC1)OC1CCOCC1. The Hall–Kier alpha value is -2.76. The summed E-state index contributed by atoms with van der Waals surface area (Å²) in [7, 11) is 0. The minimum atomic E-state index is -0.620. The number of rotatable bonds is 6. The summed E-state index contributed by atoms with van der Waals surface area (Å²) < 4.78 is 28.5. The summed E-state index contributed by atoms with van der Waals surface area (Å²) in [4.78, 5) is 24.2. The van der Waals surface area contributed by atoms with E-state index < -0.39 is 6.10 Å². The van der Waals surface area contributed by atoms with Gasteiger partial charge >= 0.3 is 5.97 Å². The number of hydrogen-bond donors (Lipinski definition) is 1. The van der Waals surface area contributed by atoms with Gasteiger partial charge in [0.15, 0.2) is 12.0 Å². The highest BCUT2D eigenvalue weighted by molar-refractivity contribution is 6.33. The van der Waals surface area contributed by atoms with E-state index in [0.717, 1.165) is 55.7 Å². The van der Waals surface area contributed by atoms with Crippen LogP contribution in [0.5, 0.6) is 0 Å². The monoisotopic (exact) mass is 597 g/mol. The Morgan fingerprint density at radius 2 is 1.81 bits per heavy atom. The summed E-state index contributed by atoms with van der Waals surface area (Å²) in [6.45, 7) is 3.78. The molecule has 0 saturated carbocycles. The fraction of sp³-hybridized carbons (Fsp3) is 0.581. The highest BCUT2D eigenvalue weighted by Gasteiger charge is 2.49. The van der Waals surface area contributed by atoms with E-state index in [1.54, 1.807) is 0 Å². The molecule has 5 aliphatic rings. The van der Waals surface area contributed by atoms with Crippen LogP contribution in [-0.4, -0.2) is 92.0 Å². The largest absolute Gasteiger partial charge is 0.472 e. The molecule has 0 amide bonds. The number of nitrogens with zero attached hydrogens (tertiary/aromatic N) is 3. The van der Waals surface area contributed by atoms with Gasteiger partial charge in [-0.3, -0.25) is 4.79 Å². The molecule has 1 aromatic carbocycles. The molecule has 6 heterocycles. The Morgan fingerprint density at radius 1 is 1.05 bits per heavy atom. The number of ether oxygens (including phenoxy) is 5. The first kappa shape index (κ1) is 28.0. The third kappa shape index (κ3) is 5.88. The van der Waals surface area contributed by atoms with Crippen molar-refractivity contribution in [2.75, 3.05) is 44.4 Å². The van der Waals surface area contributed by atoms with Crippen molar-refractivity contribution in [1.82, 2.24) is 4.98 Å². The quantitative estimate of drug-likeness (QED) is 0.496. The van der Waals surface area contributed by atoms with Crippen LogP contribution in [-0.2, 0) is 34.9 Å². The maximum Gasteiger partial charge on any atom is 0.306 e. The number of halogens is 1. The smallest absolute Gasteiger partial charge is 0.306 e. The van der Waals surface area contributed by atoms with Crippen LogP contribution in [0.15, 0.2) is 35.3 Å². The van der Waals surface area contributed by atoms with E-state index in [2.05, 4.69) is 34.2 Å². The molecule has 4 atom stereocenters. The zero-order valence-electron chi connectivity index (χ0n) is 23.5. The van der Waals surface area contributed by atoms with Crippen LogP contribution in [0.3, 0.4) is 0 Å². The zero-order chi connectivity index (χ0) is 28.6. The molecular formula is C31H36ClN3O7. The molecule has 1 aromatic heterocycles. The maximum absolute atomic E-state index is 12.4. The molecule has 224 valence electrons. The third-order valence-electron chi connectivity index (χ3n) is 8.91. The molecule has 0 unspecified atom stereocenters. The van der Waals surface area contributed by atoms with Crippen LogP contribution in [0.4, 0.5) is 11.4 Å². The van der Waals surface area contributed by atoms with E-state index in [1.807, 2.05) is 6.07 Å². The first-order valence-electron chi connectivity index (χ1n) is 15.0. The molecule has 10 nitrogen and oxygen atoms in total. The van der Waals surface area contributed by atoms with Crippen LogP contribution < -0.4 is 4.90 Å². The Morgan fingerprint density at radius 3 is 2.60 bits per heavy atom. The number of aliphatic hydroxyl groups excluding tert-OH is 1. The first-order chi connectivity index (χ1) is 20.5. The number of esters is 1. The Balaban J connectivity index is 0.928. The van der Waals surface area contributed by atoms with Gasteiger partial charge in [0.05, 0.1) is 54.9 Å². The molecule has 11 heteroatoms. The molecule has 42 heavy (non-hydrogen) atoms. The predicted octanol–water partition coefficient (Wildman–Crippen LogP) is 3.86. The van der Waals surface area contributed by atoms with Crippen molar-refractivity contribution in [3.63, 3.8) is 0 Å². The second-order valence-corrected chi connectivity index (χ2v) is 12.2. The Kier molecular flexibility index (Phi) is 8.07. The summed E-state index contributed by atoms with van der Waals surface area (Å²) in [5.41, 5.74) is 4.32. The van der Waals surface area contributed by atoms with Gasteiger partial charge in [0.2, 0.25) is 0 Å². The summed E-state index contributed by atoms with van der Waals surface area (Å²) in [5, 5.41) is 10.5. The van der Waals surface area contributed by atoms with E-state index in [1.165, 1.54) is 0 Å². The number of aromatic nitrogens is 1. The lowest BCUT2D eigenvalue weighted by atomic mass is 9.93. The van der Waals surface area contributed by atoms with Crippen molar-refractivity contribution in [2.45, 2.75) is 69.0 Å². The van der Waals surface area contributed by atoms with Crippen molar-refractivity contribution in [1.29, 1.82) is 0 Å². The molecule has 5 aliphatic heterocycles. The predicted molar refractivity (Wildman–Crippen MR) is 155 cm³/mol. The fourth-order valence-electron chi connectivity index (χ4n) is 6.54. The minimum absolute atomic E-state index is 0.0131. The van der Waals surface area contributed by atoms with Gasteiger partial charge < -0.3 is 33.7 Å². The van der Waals surface area contributed by atoms with E-state index in [0.29, 0.717) is 60.9 Å². The number of pyridine rings is 1. The number of hydrogen-bond acceptors (Lipinski definition) is 10. The summed E-state index contributed by atoms with van der Waals surface area (Å²) >= 11 is 6.66. The lowest BCUT2D eigenvalue weighted by molar-refractivity contribution is -0.154. The Labute approximate surface area is 249 Å². The number of anilines is 1. The van der Waals surface area contributed by atoms with E-state index in [4.69, 9.17) is 40.3 Å². The van der Waals surface area contributed by atoms with Crippen LogP contribution in [0.2, 0.25) is 5.02 Å². The number of carbonyl (C=O) groups is 1. The van der Waals surface area contributed by atoms with Gasteiger partial charge in [-0.2, -0.15) is 0 Å². The molecule has 2 aromatic rings. The normalized spacial score (nSPS) is 28.0.